The van der Waals surface area contributed by atoms with Gasteiger partial charge in [0.2, 0.25) is 5.91 Å². The molecule has 2 rings (SSSR count). The number of anilines is 1. The van der Waals surface area contributed by atoms with Crippen LogP contribution in [0.1, 0.15) is 12.8 Å². The van der Waals surface area contributed by atoms with Crippen molar-refractivity contribution in [3.8, 4) is 5.75 Å². The van der Waals surface area contributed by atoms with Crippen LogP contribution in [-0.2, 0) is 4.79 Å². The first-order valence-electron chi connectivity index (χ1n) is 6.96. The molecule has 1 atom stereocenters. The number of carbonyl (C=O) groups excluding carboxylic acids is 2. The molecule has 0 bridgehead atoms. The fourth-order valence-electron chi connectivity index (χ4n) is 2.36. The molecule has 3 amide bonds. The molecule has 1 aromatic rings. The SMILES string of the molecule is NC(=O)[C@H]1CCCN(C(=O)Nc2ccc(Cl)c(OC(F)F)c2)C1. The van der Waals surface area contributed by atoms with Gasteiger partial charge in [0, 0.05) is 24.8 Å². The number of nitrogens with zero attached hydrogens (tertiary/aromatic N) is 1. The van der Waals surface area contributed by atoms with Crippen LogP contribution in [-0.4, -0.2) is 36.5 Å². The molecule has 1 aliphatic heterocycles. The molecular formula is C14H16ClF2N3O3. The zero-order valence-electron chi connectivity index (χ0n) is 12.1. The predicted octanol–water partition coefficient (Wildman–Crippen LogP) is 2.67. The second kappa shape index (κ2) is 7.45. The van der Waals surface area contributed by atoms with Gasteiger partial charge in [-0.05, 0) is 25.0 Å². The number of ether oxygens (including phenoxy) is 1. The summed E-state index contributed by atoms with van der Waals surface area (Å²) >= 11 is 5.75. The summed E-state index contributed by atoms with van der Waals surface area (Å²) in [5.41, 5.74) is 5.53. The minimum atomic E-state index is -3.02. The summed E-state index contributed by atoms with van der Waals surface area (Å²) in [6.45, 7) is -2.30. The highest BCUT2D eigenvalue weighted by atomic mass is 35.5. The Hall–Kier alpha value is -2.09. The van der Waals surface area contributed by atoms with E-state index in [2.05, 4.69) is 10.1 Å². The van der Waals surface area contributed by atoms with E-state index in [4.69, 9.17) is 17.3 Å². The van der Waals surface area contributed by atoms with Crippen LogP contribution >= 0.6 is 11.6 Å². The number of alkyl halides is 2. The Balaban J connectivity index is 2.03. The highest BCUT2D eigenvalue weighted by molar-refractivity contribution is 6.32. The summed E-state index contributed by atoms with van der Waals surface area (Å²) in [7, 11) is 0. The minimum Gasteiger partial charge on any atom is -0.433 e. The van der Waals surface area contributed by atoms with E-state index in [0.29, 0.717) is 19.4 Å². The van der Waals surface area contributed by atoms with Gasteiger partial charge in [0.25, 0.3) is 0 Å². The first-order chi connectivity index (χ1) is 10.9. The number of benzene rings is 1. The van der Waals surface area contributed by atoms with Gasteiger partial charge in [0.1, 0.15) is 5.75 Å². The van der Waals surface area contributed by atoms with Gasteiger partial charge in [-0.15, -0.1) is 0 Å². The van der Waals surface area contributed by atoms with Crippen LogP contribution in [0.2, 0.25) is 5.02 Å². The number of carbonyl (C=O) groups is 2. The highest BCUT2D eigenvalue weighted by Gasteiger charge is 2.27. The van der Waals surface area contributed by atoms with Crippen molar-refractivity contribution >= 4 is 29.2 Å². The van der Waals surface area contributed by atoms with Gasteiger partial charge in [-0.25, -0.2) is 4.79 Å². The first kappa shape index (κ1) is 17.3. The van der Waals surface area contributed by atoms with Crippen molar-refractivity contribution in [1.82, 2.24) is 4.90 Å². The van der Waals surface area contributed by atoms with Crippen LogP contribution in [0.5, 0.6) is 5.75 Å². The molecule has 3 N–H and O–H groups in total. The van der Waals surface area contributed by atoms with Crippen LogP contribution in [0, 0.1) is 5.92 Å². The number of halogens is 3. The van der Waals surface area contributed by atoms with Crippen molar-refractivity contribution in [3.05, 3.63) is 23.2 Å². The van der Waals surface area contributed by atoms with Crippen molar-refractivity contribution < 1.29 is 23.1 Å². The van der Waals surface area contributed by atoms with Gasteiger partial charge in [-0.1, -0.05) is 11.6 Å². The lowest BCUT2D eigenvalue weighted by atomic mass is 9.98. The van der Waals surface area contributed by atoms with Crippen molar-refractivity contribution in [2.75, 3.05) is 18.4 Å². The maximum absolute atomic E-state index is 12.3. The number of amides is 3. The van der Waals surface area contributed by atoms with Gasteiger partial charge >= 0.3 is 12.6 Å². The molecule has 126 valence electrons. The molecule has 1 saturated heterocycles. The standard InChI is InChI=1S/C14H16ClF2N3O3/c15-10-4-3-9(6-11(10)23-13(16)17)19-14(22)20-5-1-2-8(7-20)12(18)21/h3-4,6,8,13H,1-2,5,7H2,(H2,18,21)(H,19,22)/t8-/m0/s1. The molecule has 1 heterocycles. The van der Waals surface area contributed by atoms with Crippen molar-refractivity contribution in [3.63, 3.8) is 0 Å². The average molecular weight is 348 g/mol. The van der Waals surface area contributed by atoms with Crippen LogP contribution in [0.15, 0.2) is 18.2 Å². The van der Waals surface area contributed by atoms with Crippen molar-refractivity contribution in [1.29, 1.82) is 0 Å². The number of nitrogens with two attached hydrogens (primary N) is 1. The third-order valence-corrected chi connectivity index (χ3v) is 3.82. The second-order valence-corrected chi connectivity index (χ2v) is 5.55. The molecule has 0 unspecified atom stereocenters. The maximum atomic E-state index is 12.3. The largest absolute Gasteiger partial charge is 0.433 e. The molecule has 1 aliphatic rings. The summed E-state index contributed by atoms with van der Waals surface area (Å²) in [6.07, 6.45) is 1.31. The van der Waals surface area contributed by atoms with Gasteiger partial charge in [-0.2, -0.15) is 8.78 Å². The van der Waals surface area contributed by atoms with Gasteiger partial charge in [-0.3, -0.25) is 4.79 Å². The van der Waals surface area contributed by atoms with E-state index >= 15 is 0 Å². The predicted molar refractivity (Wildman–Crippen MR) is 80.6 cm³/mol. The molecule has 9 heteroatoms. The summed E-state index contributed by atoms with van der Waals surface area (Å²) in [5, 5.41) is 2.57. The van der Waals surface area contributed by atoms with Crippen LogP contribution in [0.4, 0.5) is 19.3 Å². The number of piperidine rings is 1. The quantitative estimate of drug-likeness (QED) is 0.878. The third-order valence-electron chi connectivity index (χ3n) is 3.51. The molecule has 1 fully saturated rings. The van der Waals surface area contributed by atoms with Crippen molar-refractivity contribution in [2.24, 2.45) is 11.7 Å². The van der Waals surface area contributed by atoms with Gasteiger partial charge in [0.15, 0.2) is 0 Å². The Kier molecular flexibility index (Phi) is 5.59. The fourth-order valence-corrected chi connectivity index (χ4v) is 2.53. The fraction of sp³-hybridized carbons (Fsp3) is 0.429. The van der Waals surface area contributed by atoms with Crippen LogP contribution in [0.25, 0.3) is 0 Å². The Bertz CT molecular complexity index is 601. The highest BCUT2D eigenvalue weighted by Crippen LogP contribution is 2.29. The zero-order valence-corrected chi connectivity index (χ0v) is 12.9. The molecule has 23 heavy (non-hydrogen) atoms. The molecular weight excluding hydrogens is 332 g/mol. The van der Waals surface area contributed by atoms with Gasteiger partial charge in [0.05, 0.1) is 10.9 Å². The Morgan fingerprint density at radius 1 is 1.43 bits per heavy atom. The number of rotatable bonds is 4. The van der Waals surface area contributed by atoms with E-state index in [-0.39, 0.29) is 28.9 Å². The second-order valence-electron chi connectivity index (χ2n) is 5.14. The number of hydrogen-bond donors (Lipinski definition) is 2. The topological polar surface area (TPSA) is 84.7 Å². The van der Waals surface area contributed by atoms with E-state index in [0.717, 1.165) is 0 Å². The molecule has 6 nitrogen and oxygen atoms in total. The van der Waals surface area contributed by atoms with E-state index in [9.17, 15) is 18.4 Å². The lowest BCUT2D eigenvalue weighted by Crippen LogP contribution is -2.45. The Morgan fingerprint density at radius 2 is 2.17 bits per heavy atom. The Labute approximate surface area is 136 Å². The molecule has 0 radical (unpaired) electrons. The zero-order chi connectivity index (χ0) is 17.0. The van der Waals surface area contributed by atoms with E-state index in [1.165, 1.54) is 23.1 Å². The van der Waals surface area contributed by atoms with Crippen LogP contribution < -0.4 is 15.8 Å². The lowest BCUT2D eigenvalue weighted by molar-refractivity contribution is -0.123. The average Bonchev–Trinajstić information content (AvgIpc) is 2.50. The van der Waals surface area contributed by atoms with E-state index in [1.807, 2.05) is 0 Å². The summed E-state index contributed by atoms with van der Waals surface area (Å²) in [6, 6.07) is 3.58. The number of nitrogens with one attached hydrogen (secondary N) is 1. The van der Waals surface area contributed by atoms with Crippen molar-refractivity contribution in [2.45, 2.75) is 19.5 Å². The molecule has 0 saturated carbocycles. The normalized spacial score (nSPS) is 17.9. The molecule has 0 spiro atoms. The summed E-state index contributed by atoms with van der Waals surface area (Å²) in [5.74, 6) is -1.05. The van der Waals surface area contributed by atoms with E-state index < -0.39 is 18.5 Å². The van der Waals surface area contributed by atoms with Crippen LogP contribution in [0.3, 0.4) is 0 Å². The smallest absolute Gasteiger partial charge is 0.387 e. The minimum absolute atomic E-state index is 0.00932. The third kappa shape index (κ3) is 4.69. The number of hydrogen-bond acceptors (Lipinski definition) is 3. The molecule has 0 aliphatic carbocycles. The summed E-state index contributed by atoms with van der Waals surface area (Å²) in [4.78, 5) is 24.9. The van der Waals surface area contributed by atoms with E-state index in [1.54, 1.807) is 0 Å². The maximum Gasteiger partial charge on any atom is 0.387 e. The van der Waals surface area contributed by atoms with Gasteiger partial charge < -0.3 is 20.7 Å². The molecule has 1 aromatic carbocycles. The molecule has 0 aromatic heterocycles. The lowest BCUT2D eigenvalue weighted by Gasteiger charge is -2.31. The summed E-state index contributed by atoms with van der Waals surface area (Å²) < 4.78 is 28.8. The Morgan fingerprint density at radius 3 is 2.83 bits per heavy atom. The number of likely N-dealkylation sites (tertiary alicyclic amines) is 1. The monoisotopic (exact) mass is 347 g/mol. The number of urea groups is 1. The number of primary amides is 1. The first-order valence-corrected chi connectivity index (χ1v) is 7.34.